The molecule has 2 aromatic carbocycles. The van der Waals surface area contributed by atoms with E-state index in [1.807, 2.05) is 63.2 Å². The molecular formula is C19H24N2O3. The fourth-order valence-corrected chi connectivity index (χ4v) is 2.32. The molecule has 5 heteroatoms. The first-order chi connectivity index (χ1) is 11.6. The van der Waals surface area contributed by atoms with Crippen LogP contribution in [0.2, 0.25) is 0 Å². The summed E-state index contributed by atoms with van der Waals surface area (Å²) in [4.78, 5) is 12.0. The molecule has 0 radical (unpaired) electrons. The molecule has 0 aliphatic rings. The van der Waals surface area contributed by atoms with E-state index in [1.165, 1.54) is 0 Å². The Hall–Kier alpha value is -2.69. The Labute approximate surface area is 143 Å². The van der Waals surface area contributed by atoms with Crippen molar-refractivity contribution in [3.05, 3.63) is 53.6 Å². The van der Waals surface area contributed by atoms with Gasteiger partial charge in [0.15, 0.2) is 0 Å². The van der Waals surface area contributed by atoms with Gasteiger partial charge in [-0.2, -0.15) is 0 Å². The van der Waals surface area contributed by atoms with Gasteiger partial charge in [-0.05, 0) is 44.0 Å². The summed E-state index contributed by atoms with van der Waals surface area (Å²) in [6.07, 6.45) is 0. The number of ether oxygens (including phenoxy) is 2. The quantitative estimate of drug-likeness (QED) is 0.758. The lowest BCUT2D eigenvalue weighted by molar-refractivity contribution is 0.247. The summed E-state index contributed by atoms with van der Waals surface area (Å²) in [6.45, 7) is 7.29. The SMILES string of the molecule is CCOc1cccc(OCCNC(=O)Nc2c(C)cccc2C)c1. The van der Waals surface area contributed by atoms with Gasteiger partial charge in [0.2, 0.25) is 0 Å². The fourth-order valence-electron chi connectivity index (χ4n) is 2.32. The van der Waals surface area contributed by atoms with Crippen molar-refractivity contribution in [1.82, 2.24) is 5.32 Å². The molecule has 0 unspecified atom stereocenters. The van der Waals surface area contributed by atoms with Crippen LogP contribution in [0.25, 0.3) is 0 Å². The Balaban J connectivity index is 1.76. The smallest absolute Gasteiger partial charge is 0.319 e. The van der Waals surface area contributed by atoms with Gasteiger partial charge in [0.1, 0.15) is 18.1 Å². The van der Waals surface area contributed by atoms with E-state index in [1.54, 1.807) is 0 Å². The van der Waals surface area contributed by atoms with Crippen molar-refractivity contribution in [3.63, 3.8) is 0 Å². The molecule has 128 valence electrons. The maximum absolute atomic E-state index is 12.0. The number of para-hydroxylation sites is 1. The van der Waals surface area contributed by atoms with Gasteiger partial charge in [0.05, 0.1) is 13.2 Å². The van der Waals surface area contributed by atoms with Crippen molar-refractivity contribution in [2.24, 2.45) is 0 Å². The Morgan fingerprint density at radius 2 is 1.62 bits per heavy atom. The maximum atomic E-state index is 12.0. The highest BCUT2D eigenvalue weighted by atomic mass is 16.5. The van der Waals surface area contributed by atoms with Crippen molar-refractivity contribution in [3.8, 4) is 11.5 Å². The van der Waals surface area contributed by atoms with Crippen LogP contribution in [0.15, 0.2) is 42.5 Å². The van der Waals surface area contributed by atoms with Crippen LogP contribution in [-0.2, 0) is 0 Å². The number of aryl methyl sites for hydroxylation is 2. The first-order valence-electron chi connectivity index (χ1n) is 8.07. The number of nitrogens with one attached hydrogen (secondary N) is 2. The first kappa shape index (κ1) is 17.7. The number of carbonyl (C=O) groups is 1. The summed E-state index contributed by atoms with van der Waals surface area (Å²) in [5.74, 6) is 1.49. The van der Waals surface area contributed by atoms with E-state index in [0.717, 1.165) is 28.3 Å². The predicted octanol–water partition coefficient (Wildman–Crippen LogP) is 3.90. The third-order valence-electron chi connectivity index (χ3n) is 3.49. The lowest BCUT2D eigenvalue weighted by Crippen LogP contribution is -2.32. The molecule has 2 aromatic rings. The van der Waals surface area contributed by atoms with E-state index in [4.69, 9.17) is 9.47 Å². The second-order valence-electron chi connectivity index (χ2n) is 5.40. The topological polar surface area (TPSA) is 59.6 Å². The number of urea groups is 1. The van der Waals surface area contributed by atoms with Crippen molar-refractivity contribution in [2.75, 3.05) is 25.1 Å². The molecule has 0 fully saturated rings. The molecule has 2 N–H and O–H groups in total. The molecule has 2 rings (SSSR count). The second-order valence-corrected chi connectivity index (χ2v) is 5.40. The molecule has 5 nitrogen and oxygen atoms in total. The molecule has 0 atom stereocenters. The summed E-state index contributed by atoms with van der Waals surface area (Å²) in [7, 11) is 0. The van der Waals surface area contributed by atoms with Crippen LogP contribution in [0.5, 0.6) is 11.5 Å². The molecule has 2 amide bonds. The van der Waals surface area contributed by atoms with Crippen LogP contribution in [0.4, 0.5) is 10.5 Å². The van der Waals surface area contributed by atoms with Gasteiger partial charge in [-0.3, -0.25) is 0 Å². The summed E-state index contributed by atoms with van der Waals surface area (Å²) in [5.41, 5.74) is 2.92. The highest BCUT2D eigenvalue weighted by Crippen LogP contribution is 2.20. The average Bonchev–Trinajstić information content (AvgIpc) is 2.56. The number of hydrogen-bond donors (Lipinski definition) is 2. The molecule has 24 heavy (non-hydrogen) atoms. The van der Waals surface area contributed by atoms with Crippen LogP contribution in [0, 0.1) is 13.8 Å². The highest BCUT2D eigenvalue weighted by Gasteiger charge is 2.06. The summed E-state index contributed by atoms with van der Waals surface area (Å²) >= 11 is 0. The molecular weight excluding hydrogens is 304 g/mol. The van der Waals surface area contributed by atoms with Gasteiger partial charge in [-0.15, -0.1) is 0 Å². The molecule has 0 bridgehead atoms. The van der Waals surface area contributed by atoms with Crippen LogP contribution >= 0.6 is 0 Å². The highest BCUT2D eigenvalue weighted by molar-refractivity contribution is 5.90. The zero-order valence-corrected chi connectivity index (χ0v) is 14.4. The number of amides is 2. The zero-order valence-electron chi connectivity index (χ0n) is 14.4. The van der Waals surface area contributed by atoms with Crippen LogP contribution in [-0.4, -0.2) is 25.8 Å². The van der Waals surface area contributed by atoms with Gasteiger partial charge in [0.25, 0.3) is 0 Å². The molecule has 0 aromatic heterocycles. The number of hydrogen-bond acceptors (Lipinski definition) is 3. The normalized spacial score (nSPS) is 10.1. The minimum atomic E-state index is -0.237. The molecule has 0 saturated carbocycles. The van der Waals surface area contributed by atoms with Crippen LogP contribution < -0.4 is 20.1 Å². The van der Waals surface area contributed by atoms with Crippen molar-refractivity contribution in [1.29, 1.82) is 0 Å². The minimum Gasteiger partial charge on any atom is -0.494 e. The van der Waals surface area contributed by atoms with Crippen molar-refractivity contribution < 1.29 is 14.3 Å². The fraction of sp³-hybridized carbons (Fsp3) is 0.316. The van der Waals surface area contributed by atoms with E-state index in [0.29, 0.717) is 19.8 Å². The van der Waals surface area contributed by atoms with Gasteiger partial charge < -0.3 is 20.1 Å². The monoisotopic (exact) mass is 328 g/mol. The van der Waals surface area contributed by atoms with Gasteiger partial charge >= 0.3 is 6.03 Å². The standard InChI is InChI=1S/C19H24N2O3/c1-4-23-16-9-6-10-17(13-16)24-12-11-20-19(22)21-18-14(2)7-5-8-15(18)3/h5-10,13H,4,11-12H2,1-3H3,(H2,20,21,22). The second kappa shape index (κ2) is 8.82. The predicted molar refractivity (Wildman–Crippen MR) is 96.0 cm³/mol. The van der Waals surface area contributed by atoms with Gasteiger partial charge in [-0.1, -0.05) is 24.3 Å². The van der Waals surface area contributed by atoms with Gasteiger partial charge in [0, 0.05) is 11.8 Å². The lowest BCUT2D eigenvalue weighted by Gasteiger charge is -2.13. The number of carbonyl (C=O) groups excluding carboxylic acids is 1. The molecule has 0 spiro atoms. The Morgan fingerprint density at radius 1 is 1.00 bits per heavy atom. The molecule has 0 aliphatic heterocycles. The maximum Gasteiger partial charge on any atom is 0.319 e. The number of anilines is 1. The van der Waals surface area contributed by atoms with E-state index in [9.17, 15) is 4.79 Å². The van der Waals surface area contributed by atoms with Crippen LogP contribution in [0.1, 0.15) is 18.1 Å². The van der Waals surface area contributed by atoms with E-state index in [2.05, 4.69) is 10.6 Å². The first-order valence-corrected chi connectivity index (χ1v) is 8.07. The van der Waals surface area contributed by atoms with E-state index >= 15 is 0 Å². The van der Waals surface area contributed by atoms with Crippen molar-refractivity contribution >= 4 is 11.7 Å². The largest absolute Gasteiger partial charge is 0.494 e. The Morgan fingerprint density at radius 3 is 2.29 bits per heavy atom. The number of benzene rings is 2. The van der Waals surface area contributed by atoms with E-state index < -0.39 is 0 Å². The third kappa shape index (κ3) is 5.19. The van der Waals surface area contributed by atoms with Crippen molar-refractivity contribution in [2.45, 2.75) is 20.8 Å². The number of rotatable bonds is 7. The lowest BCUT2D eigenvalue weighted by atomic mass is 10.1. The zero-order chi connectivity index (χ0) is 17.4. The Bertz CT molecular complexity index is 666. The minimum absolute atomic E-state index is 0.237. The molecule has 0 saturated heterocycles. The summed E-state index contributed by atoms with van der Waals surface area (Å²) < 4.78 is 11.0. The Kier molecular flexibility index (Phi) is 6.49. The third-order valence-corrected chi connectivity index (χ3v) is 3.49. The van der Waals surface area contributed by atoms with Crippen LogP contribution in [0.3, 0.4) is 0 Å². The van der Waals surface area contributed by atoms with Gasteiger partial charge in [-0.25, -0.2) is 4.79 Å². The molecule has 0 heterocycles. The summed E-state index contributed by atoms with van der Waals surface area (Å²) in [6, 6.07) is 13.1. The van der Waals surface area contributed by atoms with E-state index in [-0.39, 0.29) is 6.03 Å². The molecule has 0 aliphatic carbocycles. The summed E-state index contributed by atoms with van der Waals surface area (Å²) in [5, 5.41) is 5.67. The average molecular weight is 328 g/mol.